The van der Waals surface area contributed by atoms with Crippen molar-refractivity contribution < 1.29 is 4.74 Å². The first-order chi connectivity index (χ1) is 13.3. The van der Waals surface area contributed by atoms with E-state index in [1.165, 1.54) is 5.56 Å². The number of piperidine rings is 1. The van der Waals surface area contributed by atoms with Gasteiger partial charge in [-0.1, -0.05) is 6.92 Å². The van der Waals surface area contributed by atoms with Crippen LogP contribution >= 0.6 is 0 Å². The minimum Gasteiger partial charge on any atom is -0.378 e. The van der Waals surface area contributed by atoms with Gasteiger partial charge in [-0.3, -0.25) is 9.88 Å². The van der Waals surface area contributed by atoms with E-state index in [9.17, 15) is 0 Å². The number of aryl methyl sites for hydroxylation is 1. The van der Waals surface area contributed by atoms with Crippen LogP contribution in [0, 0.1) is 0 Å². The molecule has 6 heteroatoms. The van der Waals surface area contributed by atoms with Crippen molar-refractivity contribution in [2.24, 2.45) is 0 Å². The lowest BCUT2D eigenvalue weighted by molar-refractivity contribution is 0.122. The highest BCUT2D eigenvalue weighted by molar-refractivity contribution is 5.40. The van der Waals surface area contributed by atoms with Gasteiger partial charge in [0.05, 0.1) is 13.2 Å². The van der Waals surface area contributed by atoms with Gasteiger partial charge < -0.3 is 9.64 Å². The van der Waals surface area contributed by atoms with E-state index in [1.54, 1.807) is 0 Å². The summed E-state index contributed by atoms with van der Waals surface area (Å²) in [6, 6.07) is 6.37. The largest absolute Gasteiger partial charge is 0.378 e. The molecule has 0 aromatic carbocycles. The Morgan fingerprint density at radius 1 is 1.04 bits per heavy atom. The van der Waals surface area contributed by atoms with Gasteiger partial charge in [-0.2, -0.15) is 0 Å². The number of ether oxygens (including phenoxy) is 1. The van der Waals surface area contributed by atoms with Crippen molar-refractivity contribution in [2.75, 3.05) is 44.3 Å². The first-order valence-corrected chi connectivity index (χ1v) is 10.1. The molecule has 2 aromatic rings. The highest BCUT2D eigenvalue weighted by atomic mass is 16.5. The molecule has 144 valence electrons. The van der Waals surface area contributed by atoms with Gasteiger partial charge in [-0.05, 0) is 50.0 Å². The lowest BCUT2D eigenvalue weighted by Crippen LogP contribution is -2.37. The van der Waals surface area contributed by atoms with Crippen LogP contribution in [-0.2, 0) is 17.7 Å². The van der Waals surface area contributed by atoms with Crippen LogP contribution in [-0.4, -0.2) is 59.2 Å². The van der Waals surface area contributed by atoms with Crippen LogP contribution in [0.5, 0.6) is 0 Å². The lowest BCUT2D eigenvalue weighted by Gasteiger charge is -2.32. The van der Waals surface area contributed by atoms with E-state index in [2.05, 4.69) is 39.9 Å². The number of nitrogens with zero attached hydrogens (tertiary/aromatic N) is 5. The van der Waals surface area contributed by atoms with Crippen molar-refractivity contribution in [3.63, 3.8) is 0 Å². The molecular weight excluding hydrogens is 338 g/mol. The van der Waals surface area contributed by atoms with Crippen LogP contribution in [0.15, 0.2) is 30.6 Å². The van der Waals surface area contributed by atoms with E-state index in [4.69, 9.17) is 14.7 Å². The molecular formula is C21H29N5O. The van der Waals surface area contributed by atoms with Crippen LogP contribution in [0.1, 0.15) is 42.8 Å². The number of hydrogen-bond acceptors (Lipinski definition) is 6. The van der Waals surface area contributed by atoms with Crippen molar-refractivity contribution in [1.29, 1.82) is 0 Å². The number of pyridine rings is 1. The monoisotopic (exact) mass is 367 g/mol. The van der Waals surface area contributed by atoms with Gasteiger partial charge >= 0.3 is 0 Å². The molecule has 27 heavy (non-hydrogen) atoms. The summed E-state index contributed by atoms with van der Waals surface area (Å²) in [6.45, 7) is 8.78. The highest BCUT2D eigenvalue weighted by Crippen LogP contribution is 2.28. The fraction of sp³-hybridized carbons (Fsp3) is 0.571. The van der Waals surface area contributed by atoms with Crippen molar-refractivity contribution in [1.82, 2.24) is 19.9 Å². The quantitative estimate of drug-likeness (QED) is 0.810. The first kappa shape index (κ1) is 18.3. The molecule has 0 aliphatic carbocycles. The summed E-state index contributed by atoms with van der Waals surface area (Å²) < 4.78 is 5.49. The van der Waals surface area contributed by atoms with E-state index in [0.29, 0.717) is 5.92 Å². The van der Waals surface area contributed by atoms with Gasteiger partial charge in [0, 0.05) is 49.7 Å². The Kier molecular flexibility index (Phi) is 5.94. The van der Waals surface area contributed by atoms with Crippen LogP contribution in [0.2, 0.25) is 0 Å². The molecule has 2 aliphatic rings. The maximum absolute atomic E-state index is 5.49. The van der Waals surface area contributed by atoms with Crippen molar-refractivity contribution in [3.8, 4) is 0 Å². The zero-order valence-electron chi connectivity index (χ0n) is 16.2. The molecule has 2 fully saturated rings. The molecule has 0 atom stereocenters. The lowest BCUT2D eigenvalue weighted by atomic mass is 9.95. The van der Waals surface area contributed by atoms with E-state index in [-0.39, 0.29) is 0 Å². The van der Waals surface area contributed by atoms with Gasteiger partial charge in [0.1, 0.15) is 11.6 Å². The van der Waals surface area contributed by atoms with Crippen LogP contribution in [0.3, 0.4) is 0 Å². The molecule has 0 bridgehead atoms. The molecule has 0 N–H and O–H groups in total. The molecule has 6 nitrogen and oxygen atoms in total. The van der Waals surface area contributed by atoms with E-state index in [0.717, 1.165) is 82.5 Å². The number of anilines is 1. The minimum atomic E-state index is 0.463. The van der Waals surface area contributed by atoms with Crippen molar-refractivity contribution in [2.45, 2.75) is 38.6 Å². The van der Waals surface area contributed by atoms with E-state index < -0.39 is 0 Å². The topological polar surface area (TPSA) is 54.4 Å². The molecule has 0 spiro atoms. The Morgan fingerprint density at radius 2 is 1.78 bits per heavy atom. The minimum absolute atomic E-state index is 0.463. The Hall–Kier alpha value is -2.05. The Balaban J connectivity index is 1.42. The van der Waals surface area contributed by atoms with Gasteiger partial charge in [0.15, 0.2) is 0 Å². The summed E-state index contributed by atoms with van der Waals surface area (Å²) in [4.78, 5) is 18.8. The average Bonchev–Trinajstić information content (AvgIpc) is 2.75. The van der Waals surface area contributed by atoms with Crippen molar-refractivity contribution >= 4 is 5.82 Å². The molecule has 2 aliphatic heterocycles. The summed E-state index contributed by atoms with van der Waals surface area (Å²) in [5, 5.41) is 0. The third kappa shape index (κ3) is 4.62. The maximum Gasteiger partial charge on any atom is 0.134 e. The summed E-state index contributed by atoms with van der Waals surface area (Å²) in [5.74, 6) is 2.59. The zero-order chi connectivity index (χ0) is 18.5. The Labute approximate surface area is 161 Å². The standard InChI is InChI=1S/C21H29N5O/c1-2-19-15-20(26-11-13-27-14-12-26)24-21(23-19)18-5-9-25(10-6-18)16-17-3-7-22-8-4-17/h3-4,7-8,15,18H,2,5-6,9-14,16H2,1H3. The van der Waals surface area contributed by atoms with E-state index in [1.807, 2.05) is 12.4 Å². The maximum atomic E-state index is 5.49. The zero-order valence-corrected chi connectivity index (χ0v) is 16.2. The Bertz CT molecular complexity index is 725. The number of likely N-dealkylation sites (tertiary alicyclic amines) is 1. The molecule has 2 aromatic heterocycles. The van der Waals surface area contributed by atoms with Crippen LogP contribution in [0.25, 0.3) is 0 Å². The summed E-state index contributed by atoms with van der Waals surface area (Å²) in [6.07, 6.45) is 6.95. The number of morpholine rings is 1. The normalized spacial score (nSPS) is 19.4. The first-order valence-electron chi connectivity index (χ1n) is 10.1. The second-order valence-corrected chi connectivity index (χ2v) is 7.43. The SMILES string of the molecule is CCc1cc(N2CCOCC2)nc(C2CCN(Cc3ccncc3)CC2)n1. The smallest absolute Gasteiger partial charge is 0.134 e. The fourth-order valence-electron chi connectivity index (χ4n) is 3.92. The average molecular weight is 367 g/mol. The summed E-state index contributed by atoms with van der Waals surface area (Å²) in [7, 11) is 0. The van der Waals surface area contributed by atoms with E-state index >= 15 is 0 Å². The third-order valence-electron chi connectivity index (χ3n) is 5.59. The van der Waals surface area contributed by atoms with Crippen LogP contribution < -0.4 is 4.90 Å². The van der Waals surface area contributed by atoms with Gasteiger partial charge in [-0.25, -0.2) is 9.97 Å². The van der Waals surface area contributed by atoms with Crippen LogP contribution in [0.4, 0.5) is 5.82 Å². The molecule has 4 heterocycles. The molecule has 0 radical (unpaired) electrons. The third-order valence-corrected chi connectivity index (χ3v) is 5.59. The number of hydrogen-bond donors (Lipinski definition) is 0. The molecule has 0 unspecified atom stereocenters. The number of aromatic nitrogens is 3. The van der Waals surface area contributed by atoms with Gasteiger partial charge in [0.2, 0.25) is 0 Å². The summed E-state index contributed by atoms with van der Waals surface area (Å²) >= 11 is 0. The second-order valence-electron chi connectivity index (χ2n) is 7.43. The van der Waals surface area contributed by atoms with Crippen molar-refractivity contribution in [3.05, 3.63) is 47.7 Å². The molecule has 2 saturated heterocycles. The molecule has 0 amide bonds. The number of rotatable bonds is 5. The summed E-state index contributed by atoms with van der Waals surface area (Å²) in [5.41, 5.74) is 2.49. The highest BCUT2D eigenvalue weighted by Gasteiger charge is 2.24. The predicted molar refractivity (Wildman–Crippen MR) is 106 cm³/mol. The Morgan fingerprint density at radius 3 is 2.48 bits per heavy atom. The van der Waals surface area contributed by atoms with Gasteiger partial charge in [0.25, 0.3) is 0 Å². The molecule has 0 saturated carbocycles. The van der Waals surface area contributed by atoms with Gasteiger partial charge in [-0.15, -0.1) is 0 Å². The second kappa shape index (κ2) is 8.76. The predicted octanol–water partition coefficient (Wildman–Crippen LogP) is 2.65. The fourth-order valence-corrected chi connectivity index (χ4v) is 3.92. The molecule has 4 rings (SSSR count).